The van der Waals surface area contributed by atoms with Crippen LogP contribution in [0.2, 0.25) is 4.34 Å². The van der Waals surface area contributed by atoms with Gasteiger partial charge >= 0.3 is 10.1 Å². The highest BCUT2D eigenvalue weighted by atomic mass is 79.9. The van der Waals surface area contributed by atoms with Gasteiger partial charge in [0.25, 0.3) is 5.91 Å². The van der Waals surface area contributed by atoms with E-state index in [2.05, 4.69) is 20.8 Å². The van der Waals surface area contributed by atoms with Gasteiger partial charge in [0.05, 0.1) is 0 Å². The van der Waals surface area contributed by atoms with Gasteiger partial charge in [-0.3, -0.25) is 14.5 Å². The summed E-state index contributed by atoms with van der Waals surface area (Å²) in [5.41, 5.74) is 3.94. The zero-order chi connectivity index (χ0) is 23.1. The van der Waals surface area contributed by atoms with Crippen molar-refractivity contribution < 1.29 is 22.2 Å². The van der Waals surface area contributed by atoms with Gasteiger partial charge in [-0.2, -0.15) is 8.42 Å². The molecule has 2 aliphatic carbocycles. The first-order valence-corrected chi connectivity index (χ1v) is 14.2. The fourth-order valence-corrected chi connectivity index (χ4v) is 8.22. The Balaban J connectivity index is 1.37. The van der Waals surface area contributed by atoms with Crippen molar-refractivity contribution in [3.05, 3.63) is 14.9 Å². The molecule has 2 saturated carbocycles. The Kier molecular flexibility index (Phi) is 7.24. The Hall–Kier alpha value is -0.720. The van der Waals surface area contributed by atoms with Gasteiger partial charge in [-0.1, -0.05) is 18.0 Å². The number of thiophene rings is 1. The molecule has 2 heterocycles. The van der Waals surface area contributed by atoms with E-state index in [1.165, 1.54) is 25.3 Å². The minimum atomic E-state index is -4.23. The maximum Gasteiger partial charge on any atom is 0.307 e. The number of hydrogen-bond donors (Lipinski definition) is 1. The zero-order valence-electron chi connectivity index (χ0n) is 17.6. The molecule has 1 saturated heterocycles. The first-order chi connectivity index (χ1) is 15.1. The summed E-state index contributed by atoms with van der Waals surface area (Å²) in [5, 5.41) is 0. The maximum absolute atomic E-state index is 13.1. The lowest BCUT2D eigenvalue weighted by Gasteiger charge is -2.44. The van der Waals surface area contributed by atoms with E-state index in [0.29, 0.717) is 36.4 Å². The lowest BCUT2D eigenvalue weighted by Crippen LogP contribution is -2.55. The second-order valence-corrected chi connectivity index (χ2v) is 13.1. The van der Waals surface area contributed by atoms with Crippen LogP contribution in [-0.4, -0.2) is 67.9 Å². The highest BCUT2D eigenvalue weighted by molar-refractivity contribution is 9.10. The normalized spacial score (nSPS) is 27.8. The van der Waals surface area contributed by atoms with Gasteiger partial charge in [-0.25, -0.2) is 4.18 Å². The van der Waals surface area contributed by atoms with Crippen molar-refractivity contribution in [2.45, 2.75) is 60.8 Å². The number of halogens is 2. The molecule has 2 amide bonds. The lowest BCUT2D eigenvalue weighted by atomic mass is 9.78. The van der Waals surface area contributed by atoms with Gasteiger partial charge in [-0.15, -0.1) is 11.3 Å². The topological polar surface area (TPSA) is 110 Å². The summed E-state index contributed by atoms with van der Waals surface area (Å²) in [6.07, 6.45) is 4.68. The van der Waals surface area contributed by atoms with E-state index in [0.717, 1.165) is 24.4 Å². The molecule has 0 aromatic carbocycles. The van der Waals surface area contributed by atoms with Crippen molar-refractivity contribution in [1.29, 1.82) is 0 Å². The number of nitrogens with zero attached hydrogens (tertiary/aromatic N) is 2. The van der Waals surface area contributed by atoms with Gasteiger partial charge in [-0.05, 0) is 60.5 Å². The lowest BCUT2D eigenvalue weighted by molar-refractivity contribution is -0.145. The fraction of sp³-hybridized carbons (Fsp3) is 0.700. The Morgan fingerprint density at radius 2 is 1.78 bits per heavy atom. The van der Waals surface area contributed by atoms with Crippen molar-refractivity contribution in [3.63, 3.8) is 0 Å². The van der Waals surface area contributed by atoms with E-state index in [4.69, 9.17) is 21.5 Å². The van der Waals surface area contributed by atoms with Crippen LogP contribution in [0.3, 0.4) is 0 Å². The Morgan fingerprint density at radius 1 is 1.16 bits per heavy atom. The molecule has 0 radical (unpaired) electrons. The maximum atomic E-state index is 13.1. The minimum Gasteiger partial charge on any atom is -0.367 e. The molecule has 0 atom stereocenters. The summed E-state index contributed by atoms with van der Waals surface area (Å²) in [4.78, 5) is 29.7. The first-order valence-electron chi connectivity index (χ1n) is 10.8. The SMILES string of the molecule is NC(=O)C1(OS(=O)(=O)c2cc(Br)c(Cl)s2)CCC(C(=O)N2CCN(C3CCC3)CC2)CC1. The smallest absolute Gasteiger partial charge is 0.307 e. The van der Waals surface area contributed by atoms with E-state index >= 15 is 0 Å². The van der Waals surface area contributed by atoms with Crippen LogP contribution in [0.15, 0.2) is 14.7 Å². The Bertz CT molecular complexity index is 962. The number of carbonyl (C=O) groups is 2. The summed E-state index contributed by atoms with van der Waals surface area (Å²) >= 11 is 9.98. The van der Waals surface area contributed by atoms with E-state index in [-0.39, 0.29) is 33.2 Å². The summed E-state index contributed by atoms with van der Waals surface area (Å²) in [6, 6.07) is 2.02. The van der Waals surface area contributed by atoms with Crippen LogP contribution < -0.4 is 5.73 Å². The predicted molar refractivity (Wildman–Crippen MR) is 125 cm³/mol. The van der Waals surface area contributed by atoms with Crippen LogP contribution in [0.4, 0.5) is 0 Å². The largest absolute Gasteiger partial charge is 0.367 e. The molecule has 8 nitrogen and oxygen atoms in total. The summed E-state index contributed by atoms with van der Waals surface area (Å²) in [5.74, 6) is -1.01. The van der Waals surface area contributed by atoms with Gasteiger partial charge in [0.15, 0.2) is 5.60 Å². The molecule has 3 aliphatic rings. The summed E-state index contributed by atoms with van der Waals surface area (Å²) < 4.78 is 31.6. The van der Waals surface area contributed by atoms with Crippen molar-refractivity contribution in [1.82, 2.24) is 9.80 Å². The molecule has 32 heavy (non-hydrogen) atoms. The molecular formula is C20H27BrClN3O5S2. The second-order valence-electron chi connectivity index (χ2n) is 8.80. The van der Waals surface area contributed by atoms with Crippen molar-refractivity contribution in [2.75, 3.05) is 26.2 Å². The van der Waals surface area contributed by atoms with Gasteiger partial charge < -0.3 is 10.6 Å². The second kappa shape index (κ2) is 9.50. The highest BCUT2D eigenvalue weighted by Gasteiger charge is 2.48. The third-order valence-corrected chi connectivity index (χ3v) is 11.2. The fourth-order valence-electron chi connectivity index (χ4n) is 4.72. The number of piperazine rings is 1. The van der Waals surface area contributed by atoms with Gasteiger partial charge in [0.2, 0.25) is 5.91 Å². The van der Waals surface area contributed by atoms with Gasteiger partial charge in [0.1, 0.15) is 8.55 Å². The molecule has 3 fully saturated rings. The molecule has 12 heteroatoms. The molecule has 178 valence electrons. The number of nitrogens with two attached hydrogens (primary N) is 1. The van der Waals surface area contributed by atoms with Crippen LogP contribution in [0.25, 0.3) is 0 Å². The molecule has 1 aliphatic heterocycles. The first kappa shape index (κ1) is 24.4. The van der Waals surface area contributed by atoms with Crippen LogP contribution in [-0.2, 0) is 23.9 Å². The van der Waals surface area contributed by atoms with Crippen LogP contribution in [0.5, 0.6) is 0 Å². The number of hydrogen-bond acceptors (Lipinski definition) is 7. The monoisotopic (exact) mass is 567 g/mol. The molecule has 0 bridgehead atoms. The molecule has 4 rings (SSSR count). The highest BCUT2D eigenvalue weighted by Crippen LogP contribution is 2.41. The van der Waals surface area contributed by atoms with Crippen molar-refractivity contribution in [3.8, 4) is 0 Å². The average molecular weight is 569 g/mol. The third-order valence-electron chi connectivity index (χ3n) is 6.95. The van der Waals surface area contributed by atoms with E-state index in [1.54, 1.807) is 0 Å². The van der Waals surface area contributed by atoms with E-state index in [9.17, 15) is 18.0 Å². The molecular weight excluding hydrogens is 542 g/mol. The van der Waals surface area contributed by atoms with Crippen LogP contribution in [0.1, 0.15) is 44.9 Å². The Labute approximate surface area is 205 Å². The summed E-state index contributed by atoms with van der Waals surface area (Å²) in [6.45, 7) is 3.22. The third kappa shape index (κ3) is 4.88. The van der Waals surface area contributed by atoms with E-state index < -0.39 is 21.6 Å². The number of amides is 2. The van der Waals surface area contributed by atoms with Crippen LogP contribution >= 0.6 is 38.9 Å². The molecule has 0 spiro atoms. The molecule has 1 aromatic rings. The molecule has 0 unspecified atom stereocenters. The number of carbonyl (C=O) groups excluding carboxylic acids is 2. The number of primary amides is 1. The van der Waals surface area contributed by atoms with Crippen LogP contribution in [0, 0.1) is 5.92 Å². The minimum absolute atomic E-state index is 0.0770. The summed E-state index contributed by atoms with van der Waals surface area (Å²) in [7, 11) is -4.23. The molecule has 2 N–H and O–H groups in total. The van der Waals surface area contributed by atoms with E-state index in [1.807, 2.05) is 4.90 Å². The Morgan fingerprint density at radius 3 is 2.25 bits per heavy atom. The molecule has 1 aromatic heterocycles. The predicted octanol–water partition coefficient (Wildman–Crippen LogP) is 2.98. The van der Waals surface area contributed by atoms with Crippen molar-refractivity contribution >= 4 is 60.8 Å². The van der Waals surface area contributed by atoms with Crippen molar-refractivity contribution in [2.24, 2.45) is 11.7 Å². The standard InChI is InChI=1S/C20H27BrClN3O5S2/c21-15-12-16(31-17(15)22)32(28,29)30-20(19(23)27)6-4-13(5-7-20)18(26)25-10-8-24(9-11-25)14-2-1-3-14/h12-14H,1-11H2,(H2,23,27). The van der Waals surface area contributed by atoms with Gasteiger partial charge in [0, 0.05) is 42.6 Å². The quantitative estimate of drug-likeness (QED) is 0.529. The average Bonchev–Trinajstić information content (AvgIpc) is 3.06. The zero-order valence-corrected chi connectivity index (χ0v) is 21.6. The number of rotatable bonds is 6.